The fraction of sp³-hybridized carbons (Fsp3) is 0.500. The second-order valence-electron chi connectivity index (χ2n) is 5.31. The number of hydrogen-bond acceptors (Lipinski definition) is 3. The van der Waals surface area contributed by atoms with Gasteiger partial charge in [-0.05, 0) is 18.9 Å². The molecular weight excluding hydrogens is 260 g/mol. The zero-order valence-corrected chi connectivity index (χ0v) is 11.1. The summed E-state index contributed by atoms with van der Waals surface area (Å²) in [5, 5.41) is 11.9. The summed E-state index contributed by atoms with van der Waals surface area (Å²) in [6.45, 7) is 0. The molecule has 0 atom stereocenters. The maximum Gasteiger partial charge on any atom is 0.305 e. The van der Waals surface area contributed by atoms with Crippen molar-refractivity contribution in [2.24, 2.45) is 0 Å². The summed E-state index contributed by atoms with van der Waals surface area (Å²) in [6, 6.07) is 2.71. The fourth-order valence-corrected chi connectivity index (χ4v) is 2.73. The Bertz CT molecular complexity index is 538. The predicted octanol–water partition coefficient (Wildman–Crippen LogP) is 1.28. The van der Waals surface area contributed by atoms with Gasteiger partial charge in [0.2, 0.25) is 5.56 Å². The monoisotopic (exact) mass is 278 g/mol. The molecule has 0 aromatic carbocycles. The summed E-state index contributed by atoms with van der Waals surface area (Å²) in [5.74, 6) is -1.25. The molecule has 0 aliphatic heterocycles. The minimum absolute atomic E-state index is 0.0674. The number of carboxylic acid groups (broad SMARTS) is 1. The largest absolute Gasteiger partial charge is 0.481 e. The van der Waals surface area contributed by atoms with Crippen LogP contribution in [-0.4, -0.2) is 27.5 Å². The molecule has 0 bridgehead atoms. The van der Waals surface area contributed by atoms with Crippen LogP contribution in [0.5, 0.6) is 0 Å². The molecule has 1 aromatic heterocycles. The molecule has 1 aliphatic carbocycles. The molecule has 20 heavy (non-hydrogen) atoms. The third kappa shape index (κ3) is 3.46. The number of aliphatic carboxylic acids is 1. The van der Waals surface area contributed by atoms with Gasteiger partial charge in [-0.25, -0.2) is 0 Å². The van der Waals surface area contributed by atoms with Gasteiger partial charge in [0, 0.05) is 12.3 Å². The van der Waals surface area contributed by atoms with Gasteiger partial charge in [-0.3, -0.25) is 14.4 Å². The Morgan fingerprint density at radius 1 is 1.25 bits per heavy atom. The van der Waals surface area contributed by atoms with Crippen LogP contribution in [0.25, 0.3) is 0 Å². The minimum Gasteiger partial charge on any atom is -0.481 e. The van der Waals surface area contributed by atoms with Gasteiger partial charge in [-0.1, -0.05) is 19.3 Å². The average molecular weight is 278 g/mol. The van der Waals surface area contributed by atoms with Gasteiger partial charge >= 0.3 is 5.97 Å². The molecule has 0 unspecified atom stereocenters. The van der Waals surface area contributed by atoms with Crippen LogP contribution in [0.1, 0.15) is 48.9 Å². The van der Waals surface area contributed by atoms with Crippen molar-refractivity contribution in [3.05, 3.63) is 34.2 Å². The smallest absolute Gasteiger partial charge is 0.305 e. The zero-order valence-electron chi connectivity index (χ0n) is 11.1. The van der Waals surface area contributed by atoms with E-state index in [-0.39, 0.29) is 17.9 Å². The molecule has 1 aromatic rings. The van der Waals surface area contributed by atoms with Gasteiger partial charge in [0.05, 0.1) is 17.5 Å². The molecule has 6 heteroatoms. The number of carbonyl (C=O) groups excluding carboxylic acids is 1. The lowest BCUT2D eigenvalue weighted by Crippen LogP contribution is -2.51. The van der Waals surface area contributed by atoms with Gasteiger partial charge in [-0.15, -0.1) is 0 Å². The van der Waals surface area contributed by atoms with Crippen LogP contribution in [0.4, 0.5) is 0 Å². The maximum absolute atomic E-state index is 12.2. The Morgan fingerprint density at radius 2 is 1.95 bits per heavy atom. The van der Waals surface area contributed by atoms with E-state index in [1.54, 1.807) is 0 Å². The lowest BCUT2D eigenvalue weighted by atomic mass is 9.79. The van der Waals surface area contributed by atoms with Crippen LogP contribution in [0.2, 0.25) is 0 Å². The second kappa shape index (κ2) is 5.90. The van der Waals surface area contributed by atoms with Crippen LogP contribution >= 0.6 is 0 Å². The number of pyridine rings is 1. The summed E-state index contributed by atoms with van der Waals surface area (Å²) in [7, 11) is 0. The first-order valence-electron chi connectivity index (χ1n) is 6.74. The van der Waals surface area contributed by atoms with Crippen molar-refractivity contribution >= 4 is 11.9 Å². The first-order chi connectivity index (χ1) is 9.51. The van der Waals surface area contributed by atoms with E-state index in [9.17, 15) is 14.4 Å². The molecular formula is C14H18N2O4. The standard InChI is InChI=1S/C14H18N2O4/c17-11-5-4-10(9-15-11)13(20)16-14(8-12(18)19)6-2-1-3-7-14/h4-5,9H,1-3,6-8H2,(H,15,17)(H,16,20)(H,18,19). The Labute approximate surface area is 116 Å². The Balaban J connectivity index is 2.14. The third-order valence-electron chi connectivity index (χ3n) is 3.73. The number of carbonyl (C=O) groups is 2. The van der Waals surface area contributed by atoms with E-state index in [4.69, 9.17) is 5.11 Å². The van der Waals surface area contributed by atoms with Gasteiger partial charge in [-0.2, -0.15) is 0 Å². The summed E-state index contributed by atoms with van der Waals surface area (Å²) < 4.78 is 0. The molecule has 6 nitrogen and oxygen atoms in total. The highest BCUT2D eigenvalue weighted by atomic mass is 16.4. The number of hydrogen-bond donors (Lipinski definition) is 3. The molecule has 0 radical (unpaired) electrons. The normalized spacial score (nSPS) is 17.4. The summed E-state index contributed by atoms with van der Waals surface area (Å²) in [5.41, 5.74) is -0.614. The molecule has 2 rings (SSSR count). The number of carboxylic acids is 1. The quantitative estimate of drug-likeness (QED) is 0.772. The molecule has 1 saturated carbocycles. The van der Waals surface area contributed by atoms with Crippen LogP contribution in [0.3, 0.4) is 0 Å². The van der Waals surface area contributed by atoms with Crippen LogP contribution in [-0.2, 0) is 4.79 Å². The first-order valence-corrected chi connectivity index (χ1v) is 6.74. The van der Waals surface area contributed by atoms with Crippen LogP contribution < -0.4 is 10.9 Å². The van der Waals surface area contributed by atoms with Crippen molar-refractivity contribution in [3.8, 4) is 0 Å². The highest BCUT2D eigenvalue weighted by molar-refractivity contribution is 5.94. The molecule has 1 aliphatic rings. The number of aromatic amines is 1. The Morgan fingerprint density at radius 3 is 2.50 bits per heavy atom. The van der Waals surface area contributed by atoms with E-state index in [0.29, 0.717) is 18.4 Å². The highest BCUT2D eigenvalue weighted by Gasteiger charge is 2.36. The van der Waals surface area contributed by atoms with E-state index < -0.39 is 11.5 Å². The highest BCUT2D eigenvalue weighted by Crippen LogP contribution is 2.31. The predicted molar refractivity (Wildman–Crippen MR) is 72.6 cm³/mol. The van der Waals surface area contributed by atoms with Gasteiger partial charge in [0.1, 0.15) is 0 Å². The van der Waals surface area contributed by atoms with E-state index in [0.717, 1.165) is 19.3 Å². The third-order valence-corrected chi connectivity index (χ3v) is 3.73. The van der Waals surface area contributed by atoms with Crippen molar-refractivity contribution in [2.45, 2.75) is 44.1 Å². The Kier molecular flexibility index (Phi) is 4.22. The zero-order chi connectivity index (χ0) is 14.6. The van der Waals surface area contributed by atoms with Crippen molar-refractivity contribution in [1.82, 2.24) is 10.3 Å². The molecule has 1 heterocycles. The minimum atomic E-state index is -0.909. The van der Waals surface area contributed by atoms with E-state index in [1.165, 1.54) is 18.3 Å². The van der Waals surface area contributed by atoms with Crippen molar-refractivity contribution in [1.29, 1.82) is 0 Å². The molecule has 1 amide bonds. The summed E-state index contributed by atoms with van der Waals surface area (Å²) >= 11 is 0. The number of aromatic nitrogens is 1. The van der Waals surface area contributed by atoms with Gasteiger partial charge in [0.15, 0.2) is 0 Å². The second-order valence-corrected chi connectivity index (χ2v) is 5.31. The fourth-order valence-electron chi connectivity index (χ4n) is 2.73. The van der Waals surface area contributed by atoms with E-state index in [1.807, 2.05) is 0 Å². The number of H-pyrrole nitrogens is 1. The lowest BCUT2D eigenvalue weighted by Gasteiger charge is -2.37. The number of nitrogens with one attached hydrogen (secondary N) is 2. The maximum atomic E-state index is 12.2. The average Bonchev–Trinajstić information content (AvgIpc) is 2.39. The Hall–Kier alpha value is -2.11. The van der Waals surface area contributed by atoms with Crippen molar-refractivity contribution in [2.75, 3.05) is 0 Å². The van der Waals surface area contributed by atoms with Crippen molar-refractivity contribution in [3.63, 3.8) is 0 Å². The first kappa shape index (κ1) is 14.3. The molecule has 3 N–H and O–H groups in total. The summed E-state index contributed by atoms with van der Waals surface area (Å²) in [4.78, 5) is 36.6. The van der Waals surface area contributed by atoms with Gasteiger partial charge in [0.25, 0.3) is 5.91 Å². The molecule has 1 fully saturated rings. The van der Waals surface area contributed by atoms with E-state index >= 15 is 0 Å². The topological polar surface area (TPSA) is 99.3 Å². The molecule has 108 valence electrons. The van der Waals surface area contributed by atoms with Crippen molar-refractivity contribution < 1.29 is 14.7 Å². The van der Waals surface area contributed by atoms with Crippen LogP contribution in [0.15, 0.2) is 23.1 Å². The molecule has 0 spiro atoms. The van der Waals surface area contributed by atoms with E-state index in [2.05, 4.69) is 10.3 Å². The van der Waals surface area contributed by atoms with Gasteiger partial charge < -0.3 is 15.4 Å². The lowest BCUT2D eigenvalue weighted by molar-refractivity contribution is -0.139. The van der Waals surface area contributed by atoms with Crippen LogP contribution in [0, 0.1) is 0 Å². The molecule has 0 saturated heterocycles. The SMILES string of the molecule is O=C(O)CC1(NC(=O)c2ccc(=O)[nH]c2)CCCCC1. The number of amides is 1. The summed E-state index contributed by atoms with van der Waals surface area (Å²) in [6.07, 6.45) is 5.52. The number of rotatable bonds is 4.